The van der Waals surface area contributed by atoms with E-state index in [1.807, 2.05) is 31.0 Å². The number of nitrogens with zero attached hydrogens (tertiary/aromatic N) is 5. The monoisotopic (exact) mass is 288 g/mol. The van der Waals surface area contributed by atoms with E-state index in [2.05, 4.69) is 19.9 Å². The molecule has 7 heteroatoms. The molecule has 0 saturated heterocycles. The van der Waals surface area contributed by atoms with Gasteiger partial charge in [0.05, 0.1) is 6.61 Å². The van der Waals surface area contributed by atoms with E-state index in [0.717, 1.165) is 19.4 Å². The normalized spacial score (nSPS) is 10.4. The van der Waals surface area contributed by atoms with E-state index in [9.17, 15) is 0 Å². The van der Waals surface area contributed by atoms with Crippen molar-refractivity contribution in [3.8, 4) is 6.01 Å². The molecule has 0 aromatic carbocycles. The van der Waals surface area contributed by atoms with Crippen LogP contribution >= 0.6 is 0 Å². The summed E-state index contributed by atoms with van der Waals surface area (Å²) >= 11 is 0. The second-order valence-electron chi connectivity index (χ2n) is 4.65. The first-order valence-electron chi connectivity index (χ1n) is 6.93. The van der Waals surface area contributed by atoms with Crippen molar-refractivity contribution in [3.63, 3.8) is 0 Å². The number of pyridine rings is 1. The smallest absolute Gasteiger partial charge is 0.323 e. The summed E-state index contributed by atoms with van der Waals surface area (Å²) in [4.78, 5) is 18.3. The number of ether oxygens (including phenoxy) is 1. The molecule has 2 aromatic heterocycles. The molecule has 0 unspecified atom stereocenters. The fourth-order valence-corrected chi connectivity index (χ4v) is 1.74. The summed E-state index contributed by atoms with van der Waals surface area (Å²) in [5, 5.41) is 0. The molecule has 2 aromatic rings. The maximum Gasteiger partial charge on any atom is 0.323 e. The topological polar surface area (TPSA) is 90.0 Å². The lowest BCUT2D eigenvalue weighted by Crippen LogP contribution is -2.23. The van der Waals surface area contributed by atoms with E-state index < -0.39 is 0 Å². The minimum absolute atomic E-state index is 0.168. The third-order valence-corrected chi connectivity index (χ3v) is 2.88. The van der Waals surface area contributed by atoms with E-state index >= 15 is 0 Å². The fourth-order valence-electron chi connectivity index (χ4n) is 1.74. The summed E-state index contributed by atoms with van der Waals surface area (Å²) < 4.78 is 5.41. The molecule has 0 spiro atoms. The number of hydrogen-bond acceptors (Lipinski definition) is 7. The van der Waals surface area contributed by atoms with Gasteiger partial charge in [-0.3, -0.25) is 4.98 Å². The first-order chi connectivity index (χ1) is 10.2. The Morgan fingerprint density at radius 3 is 2.67 bits per heavy atom. The van der Waals surface area contributed by atoms with Crippen LogP contribution in [0, 0.1) is 0 Å². The van der Waals surface area contributed by atoms with Gasteiger partial charge >= 0.3 is 6.01 Å². The van der Waals surface area contributed by atoms with Crippen molar-refractivity contribution in [3.05, 3.63) is 30.1 Å². The molecule has 2 N–H and O–H groups in total. The summed E-state index contributed by atoms with van der Waals surface area (Å²) in [6, 6.07) is 4.26. The third-order valence-electron chi connectivity index (χ3n) is 2.88. The summed E-state index contributed by atoms with van der Waals surface area (Å²) in [5.74, 6) is 0.685. The van der Waals surface area contributed by atoms with Crippen LogP contribution in [0.15, 0.2) is 24.5 Å². The Balaban J connectivity index is 2.01. The summed E-state index contributed by atoms with van der Waals surface area (Å²) in [6.45, 7) is 3.34. The highest BCUT2D eigenvalue weighted by atomic mass is 16.5. The van der Waals surface area contributed by atoms with E-state index in [-0.39, 0.29) is 12.0 Å². The lowest BCUT2D eigenvalue weighted by molar-refractivity contribution is 0.292. The second kappa shape index (κ2) is 7.37. The predicted octanol–water partition coefficient (Wildman–Crippen LogP) is 1.32. The van der Waals surface area contributed by atoms with Crippen molar-refractivity contribution in [1.82, 2.24) is 19.9 Å². The van der Waals surface area contributed by atoms with Gasteiger partial charge in [-0.1, -0.05) is 6.92 Å². The van der Waals surface area contributed by atoms with Crippen molar-refractivity contribution in [1.29, 1.82) is 0 Å². The number of likely N-dealkylation sites (N-methyl/N-ethyl adjacent to an activating group) is 1. The van der Waals surface area contributed by atoms with Crippen molar-refractivity contribution in [2.75, 3.05) is 30.8 Å². The molecule has 21 heavy (non-hydrogen) atoms. The van der Waals surface area contributed by atoms with Crippen LogP contribution in [0.2, 0.25) is 0 Å². The zero-order valence-corrected chi connectivity index (χ0v) is 12.4. The van der Waals surface area contributed by atoms with E-state index in [1.54, 1.807) is 12.4 Å². The molecule has 7 nitrogen and oxygen atoms in total. The molecule has 2 rings (SSSR count). The fraction of sp³-hybridized carbons (Fsp3) is 0.429. The maximum absolute atomic E-state index is 5.70. The SMILES string of the molecule is CCCOc1nc(N)nc(N(C)CCc2ccncc2)n1. The van der Waals surface area contributed by atoms with Gasteiger partial charge in [0.25, 0.3) is 0 Å². The van der Waals surface area contributed by atoms with Gasteiger partial charge in [-0.05, 0) is 30.5 Å². The van der Waals surface area contributed by atoms with Crippen molar-refractivity contribution >= 4 is 11.9 Å². The van der Waals surface area contributed by atoms with Gasteiger partial charge in [-0.2, -0.15) is 15.0 Å². The first kappa shape index (κ1) is 15.0. The zero-order chi connectivity index (χ0) is 15.1. The standard InChI is InChI=1S/C14H20N6O/c1-3-10-21-14-18-12(15)17-13(19-14)20(2)9-6-11-4-7-16-8-5-11/h4-5,7-8H,3,6,9-10H2,1-2H3,(H2,15,17,18,19). The van der Waals surface area contributed by atoms with Crippen LogP contribution in [0.5, 0.6) is 6.01 Å². The first-order valence-corrected chi connectivity index (χ1v) is 6.93. The average Bonchev–Trinajstić information content (AvgIpc) is 2.51. The average molecular weight is 288 g/mol. The third kappa shape index (κ3) is 4.55. The Bertz CT molecular complexity index is 563. The Kier molecular flexibility index (Phi) is 5.25. The van der Waals surface area contributed by atoms with Gasteiger partial charge in [0, 0.05) is 26.0 Å². The molecule has 0 saturated carbocycles. The summed E-state index contributed by atoms with van der Waals surface area (Å²) in [7, 11) is 1.92. The van der Waals surface area contributed by atoms with Crippen molar-refractivity contribution < 1.29 is 4.74 Å². The number of hydrogen-bond donors (Lipinski definition) is 1. The molecule has 0 aliphatic heterocycles. The van der Waals surface area contributed by atoms with Crippen LogP contribution in [-0.4, -0.2) is 40.1 Å². The molecule has 2 heterocycles. The van der Waals surface area contributed by atoms with Crippen LogP contribution in [0.25, 0.3) is 0 Å². The Morgan fingerprint density at radius 2 is 1.95 bits per heavy atom. The predicted molar refractivity (Wildman–Crippen MR) is 81.2 cm³/mol. The zero-order valence-electron chi connectivity index (χ0n) is 12.4. The van der Waals surface area contributed by atoms with Gasteiger partial charge in [0.15, 0.2) is 0 Å². The number of aromatic nitrogens is 4. The van der Waals surface area contributed by atoms with Crippen molar-refractivity contribution in [2.24, 2.45) is 0 Å². The second-order valence-corrected chi connectivity index (χ2v) is 4.65. The number of nitrogen functional groups attached to an aromatic ring is 1. The molecule has 0 bridgehead atoms. The van der Waals surface area contributed by atoms with Gasteiger partial charge < -0.3 is 15.4 Å². The Morgan fingerprint density at radius 1 is 1.19 bits per heavy atom. The molecule has 112 valence electrons. The number of nitrogens with two attached hydrogens (primary N) is 1. The molecule has 0 radical (unpaired) electrons. The Labute approximate surface area is 124 Å². The van der Waals surface area contributed by atoms with E-state index in [0.29, 0.717) is 12.6 Å². The molecule has 0 amide bonds. The van der Waals surface area contributed by atoms with Crippen LogP contribution < -0.4 is 15.4 Å². The van der Waals surface area contributed by atoms with Gasteiger partial charge in [0.2, 0.25) is 11.9 Å². The molecule has 0 fully saturated rings. The minimum Gasteiger partial charge on any atom is -0.463 e. The van der Waals surface area contributed by atoms with Gasteiger partial charge in [-0.15, -0.1) is 0 Å². The molecule has 0 aliphatic carbocycles. The largest absolute Gasteiger partial charge is 0.463 e. The van der Waals surface area contributed by atoms with E-state index in [1.165, 1.54) is 5.56 Å². The highest BCUT2D eigenvalue weighted by Gasteiger charge is 2.10. The van der Waals surface area contributed by atoms with Crippen LogP contribution in [-0.2, 0) is 6.42 Å². The van der Waals surface area contributed by atoms with Gasteiger partial charge in [0.1, 0.15) is 0 Å². The lowest BCUT2D eigenvalue weighted by Gasteiger charge is -2.17. The van der Waals surface area contributed by atoms with Crippen LogP contribution in [0.1, 0.15) is 18.9 Å². The highest BCUT2D eigenvalue weighted by Crippen LogP contribution is 2.13. The molecular formula is C14H20N6O. The summed E-state index contributed by atoms with van der Waals surface area (Å²) in [6.07, 6.45) is 5.33. The van der Waals surface area contributed by atoms with E-state index in [4.69, 9.17) is 10.5 Å². The highest BCUT2D eigenvalue weighted by molar-refractivity contribution is 5.35. The number of anilines is 2. The molecular weight excluding hydrogens is 268 g/mol. The van der Waals surface area contributed by atoms with Crippen LogP contribution in [0.4, 0.5) is 11.9 Å². The molecule has 0 aliphatic rings. The van der Waals surface area contributed by atoms with Crippen molar-refractivity contribution in [2.45, 2.75) is 19.8 Å². The Hall–Kier alpha value is -2.44. The summed E-state index contributed by atoms with van der Waals surface area (Å²) in [5.41, 5.74) is 6.91. The lowest BCUT2D eigenvalue weighted by atomic mass is 10.2. The molecule has 0 atom stereocenters. The minimum atomic E-state index is 0.168. The quantitative estimate of drug-likeness (QED) is 0.821. The maximum atomic E-state index is 5.70. The number of rotatable bonds is 7. The van der Waals surface area contributed by atoms with Crippen LogP contribution in [0.3, 0.4) is 0 Å². The van der Waals surface area contributed by atoms with Gasteiger partial charge in [-0.25, -0.2) is 0 Å².